The van der Waals surface area contributed by atoms with Crippen LogP contribution < -0.4 is 5.73 Å². The lowest BCUT2D eigenvalue weighted by molar-refractivity contribution is -0.131. The Balaban J connectivity index is 1.60. The number of pyridine rings is 1. The van der Waals surface area contributed by atoms with Gasteiger partial charge in [-0.25, -0.2) is 0 Å². The van der Waals surface area contributed by atoms with E-state index >= 15 is 0 Å². The molecule has 3 aromatic rings. The lowest BCUT2D eigenvalue weighted by atomic mass is 9.73. The zero-order chi connectivity index (χ0) is 21.0. The van der Waals surface area contributed by atoms with Crippen LogP contribution >= 0.6 is 0 Å². The molecule has 1 unspecified atom stereocenters. The predicted molar refractivity (Wildman–Crippen MR) is 121 cm³/mol. The van der Waals surface area contributed by atoms with E-state index in [0.717, 1.165) is 37.3 Å². The molecule has 0 aliphatic carbocycles. The number of hydrogen-bond acceptors (Lipinski definition) is 3. The maximum atomic E-state index is 12.8. The van der Waals surface area contributed by atoms with Crippen molar-refractivity contribution in [2.45, 2.75) is 32.7 Å². The topological polar surface area (TPSA) is 59.2 Å². The molecule has 4 nitrogen and oxygen atoms in total. The van der Waals surface area contributed by atoms with Crippen LogP contribution in [0.15, 0.2) is 72.8 Å². The lowest BCUT2D eigenvalue weighted by Gasteiger charge is -2.41. The average Bonchev–Trinajstić information content (AvgIpc) is 2.75. The van der Waals surface area contributed by atoms with Gasteiger partial charge in [0.05, 0.1) is 11.1 Å². The van der Waals surface area contributed by atoms with Gasteiger partial charge in [-0.2, -0.15) is 0 Å². The smallest absolute Gasteiger partial charge is 0.225 e. The van der Waals surface area contributed by atoms with Crippen LogP contribution in [0.25, 0.3) is 11.1 Å². The second-order valence-electron chi connectivity index (χ2n) is 8.43. The van der Waals surface area contributed by atoms with Crippen molar-refractivity contribution in [3.05, 3.63) is 89.7 Å². The zero-order valence-electron chi connectivity index (χ0n) is 17.6. The number of nitrogens with two attached hydrogens (primary N) is 1. The Morgan fingerprint density at radius 3 is 2.57 bits per heavy atom. The van der Waals surface area contributed by atoms with Crippen molar-refractivity contribution < 1.29 is 4.79 Å². The molecule has 1 atom stereocenters. The van der Waals surface area contributed by atoms with E-state index in [-0.39, 0.29) is 5.91 Å². The highest BCUT2D eigenvalue weighted by Gasteiger charge is 2.41. The van der Waals surface area contributed by atoms with Crippen LogP contribution in [0.2, 0.25) is 0 Å². The maximum Gasteiger partial charge on any atom is 0.225 e. The number of primary amides is 1. The van der Waals surface area contributed by atoms with Crippen LogP contribution in [-0.2, 0) is 17.8 Å². The summed E-state index contributed by atoms with van der Waals surface area (Å²) in [5.41, 5.74) is 11.1. The van der Waals surface area contributed by atoms with Gasteiger partial charge in [-0.3, -0.25) is 14.7 Å². The number of aryl methyl sites for hydroxylation is 1. The highest BCUT2D eigenvalue weighted by molar-refractivity contribution is 5.82. The van der Waals surface area contributed by atoms with E-state index in [1.807, 2.05) is 43.3 Å². The third kappa shape index (κ3) is 4.44. The van der Waals surface area contributed by atoms with Crippen LogP contribution in [0.1, 0.15) is 29.8 Å². The van der Waals surface area contributed by atoms with Crippen LogP contribution in [0, 0.1) is 12.3 Å². The summed E-state index contributed by atoms with van der Waals surface area (Å²) in [4.78, 5) is 19.7. The quantitative estimate of drug-likeness (QED) is 0.670. The van der Waals surface area contributed by atoms with Gasteiger partial charge < -0.3 is 5.73 Å². The van der Waals surface area contributed by atoms with Crippen molar-refractivity contribution >= 4 is 5.91 Å². The Morgan fingerprint density at radius 2 is 1.80 bits per heavy atom. The second-order valence-corrected chi connectivity index (χ2v) is 8.43. The molecule has 1 amide bonds. The van der Waals surface area contributed by atoms with E-state index < -0.39 is 5.41 Å². The molecule has 4 rings (SSSR count). The van der Waals surface area contributed by atoms with Crippen molar-refractivity contribution in [2.75, 3.05) is 13.1 Å². The van der Waals surface area contributed by atoms with Crippen molar-refractivity contribution in [3.8, 4) is 11.1 Å². The fraction of sp³-hybridized carbons (Fsp3) is 0.308. The SMILES string of the molecule is Cc1cccc(CN2CCCC(Cc3ccccc3-c3ccccc3)(C(N)=O)C2)n1. The standard InChI is InChI=1S/C26H29N3O/c1-20-9-7-13-23(28-20)18-29-16-8-15-26(19-29,25(27)30)17-22-12-5-6-14-24(22)21-10-3-2-4-11-21/h2-7,9-14H,8,15-19H2,1H3,(H2,27,30). The zero-order valence-corrected chi connectivity index (χ0v) is 17.6. The largest absolute Gasteiger partial charge is 0.369 e. The Morgan fingerprint density at radius 1 is 1.03 bits per heavy atom. The monoisotopic (exact) mass is 399 g/mol. The molecule has 1 saturated heterocycles. The van der Waals surface area contributed by atoms with Crippen LogP contribution in [0.3, 0.4) is 0 Å². The summed E-state index contributed by atoms with van der Waals surface area (Å²) >= 11 is 0. The Labute approximate surface area is 178 Å². The fourth-order valence-corrected chi connectivity index (χ4v) is 4.65. The number of aromatic nitrogens is 1. The first-order chi connectivity index (χ1) is 14.6. The highest BCUT2D eigenvalue weighted by atomic mass is 16.1. The minimum absolute atomic E-state index is 0.202. The molecule has 154 valence electrons. The van der Waals surface area contributed by atoms with Crippen molar-refractivity contribution in [2.24, 2.45) is 11.1 Å². The third-order valence-corrected chi connectivity index (χ3v) is 6.14. The molecule has 0 bridgehead atoms. The van der Waals surface area contributed by atoms with Gasteiger partial charge in [-0.1, -0.05) is 60.7 Å². The number of rotatable bonds is 6. The maximum absolute atomic E-state index is 12.8. The van der Waals surface area contributed by atoms with E-state index in [1.165, 1.54) is 16.7 Å². The molecule has 1 fully saturated rings. The molecule has 0 radical (unpaired) electrons. The van der Waals surface area contributed by atoms with Crippen molar-refractivity contribution in [3.63, 3.8) is 0 Å². The fourth-order valence-electron chi connectivity index (χ4n) is 4.65. The molecule has 0 saturated carbocycles. The van der Waals surface area contributed by atoms with Gasteiger partial charge in [-0.15, -0.1) is 0 Å². The van der Waals surface area contributed by atoms with Gasteiger partial charge in [0.1, 0.15) is 0 Å². The van der Waals surface area contributed by atoms with Gasteiger partial charge >= 0.3 is 0 Å². The summed E-state index contributed by atoms with van der Waals surface area (Å²) in [6.07, 6.45) is 2.44. The summed E-state index contributed by atoms with van der Waals surface area (Å²) in [6.45, 7) is 4.39. The van der Waals surface area contributed by atoms with E-state index in [4.69, 9.17) is 5.73 Å². The molecule has 2 heterocycles. The average molecular weight is 400 g/mol. The Bertz CT molecular complexity index is 1020. The first-order valence-corrected chi connectivity index (χ1v) is 10.6. The molecule has 2 aromatic carbocycles. The molecular weight excluding hydrogens is 370 g/mol. The number of likely N-dealkylation sites (tertiary alicyclic amines) is 1. The van der Waals surface area contributed by atoms with Gasteiger partial charge in [-0.05, 0) is 61.6 Å². The first kappa shape index (κ1) is 20.3. The van der Waals surface area contributed by atoms with E-state index in [0.29, 0.717) is 13.0 Å². The van der Waals surface area contributed by atoms with Crippen LogP contribution in [0.4, 0.5) is 0 Å². The molecule has 1 aromatic heterocycles. The summed E-state index contributed by atoms with van der Waals surface area (Å²) in [6, 6.07) is 24.8. The summed E-state index contributed by atoms with van der Waals surface area (Å²) in [5.74, 6) is -0.202. The molecule has 4 heteroatoms. The van der Waals surface area contributed by atoms with E-state index in [2.05, 4.69) is 46.3 Å². The van der Waals surface area contributed by atoms with E-state index in [1.54, 1.807) is 0 Å². The third-order valence-electron chi connectivity index (χ3n) is 6.14. The normalized spacial score (nSPS) is 19.5. The predicted octanol–water partition coefficient (Wildman–Crippen LogP) is 4.37. The Hall–Kier alpha value is -2.98. The number of nitrogens with zero attached hydrogens (tertiary/aromatic N) is 2. The summed E-state index contributed by atoms with van der Waals surface area (Å²) in [5, 5.41) is 0. The van der Waals surface area contributed by atoms with Crippen LogP contribution in [-0.4, -0.2) is 28.9 Å². The van der Waals surface area contributed by atoms with Gasteiger partial charge in [0.15, 0.2) is 0 Å². The molecule has 30 heavy (non-hydrogen) atoms. The number of amides is 1. The Kier molecular flexibility index (Phi) is 5.96. The highest BCUT2D eigenvalue weighted by Crippen LogP contribution is 2.37. The molecule has 2 N–H and O–H groups in total. The van der Waals surface area contributed by atoms with Gasteiger partial charge in [0.2, 0.25) is 5.91 Å². The minimum atomic E-state index is -0.563. The number of carbonyl (C=O) groups is 1. The molecular formula is C26H29N3O. The second kappa shape index (κ2) is 8.80. The minimum Gasteiger partial charge on any atom is -0.369 e. The van der Waals surface area contributed by atoms with E-state index in [9.17, 15) is 4.79 Å². The number of piperidine rings is 1. The lowest BCUT2D eigenvalue weighted by Crippen LogP contribution is -2.51. The number of hydrogen-bond donors (Lipinski definition) is 1. The molecule has 0 spiro atoms. The number of benzene rings is 2. The van der Waals surface area contributed by atoms with Gasteiger partial charge in [0, 0.05) is 18.8 Å². The van der Waals surface area contributed by atoms with Gasteiger partial charge in [0.25, 0.3) is 0 Å². The summed E-state index contributed by atoms with van der Waals surface area (Å²) in [7, 11) is 0. The first-order valence-electron chi connectivity index (χ1n) is 10.6. The van der Waals surface area contributed by atoms with Crippen molar-refractivity contribution in [1.29, 1.82) is 0 Å². The summed E-state index contributed by atoms with van der Waals surface area (Å²) < 4.78 is 0. The van der Waals surface area contributed by atoms with Crippen LogP contribution in [0.5, 0.6) is 0 Å². The van der Waals surface area contributed by atoms with Crippen molar-refractivity contribution in [1.82, 2.24) is 9.88 Å². The molecule has 1 aliphatic rings. The molecule has 1 aliphatic heterocycles. The number of carbonyl (C=O) groups excluding carboxylic acids is 1.